The van der Waals surface area contributed by atoms with Gasteiger partial charge < -0.3 is 0 Å². The maximum atomic E-state index is 13.0. The first-order valence-corrected chi connectivity index (χ1v) is 3.88. The van der Waals surface area contributed by atoms with E-state index in [1.165, 1.54) is 13.0 Å². The third-order valence-electron chi connectivity index (χ3n) is 1.52. The first kappa shape index (κ1) is 11.1. The Hall–Kier alpha value is -0.920. The van der Waals surface area contributed by atoms with E-state index < -0.39 is 11.7 Å². The highest BCUT2D eigenvalue weighted by Gasteiger charge is 2.12. The van der Waals surface area contributed by atoms with E-state index in [1.54, 1.807) is 13.8 Å². The monoisotopic (exact) mass is 172 g/mol. The Balaban J connectivity index is 5.05. The highest BCUT2D eigenvalue weighted by Crippen LogP contribution is 2.25. The summed E-state index contributed by atoms with van der Waals surface area (Å²) in [5.74, 6) is -1.26. The van der Waals surface area contributed by atoms with E-state index in [1.807, 2.05) is 0 Å². The first-order valence-electron chi connectivity index (χ1n) is 3.88. The van der Waals surface area contributed by atoms with Gasteiger partial charge in [-0.1, -0.05) is 26.5 Å². The fraction of sp³-hybridized carbons (Fsp3) is 0.400. The predicted octanol–water partition coefficient (Wildman–Crippen LogP) is 3.93. The second-order valence-corrected chi connectivity index (χ2v) is 2.76. The average molecular weight is 172 g/mol. The van der Waals surface area contributed by atoms with Crippen molar-refractivity contribution in [1.82, 2.24) is 0 Å². The zero-order valence-electron chi connectivity index (χ0n) is 7.70. The lowest BCUT2D eigenvalue weighted by molar-refractivity contribution is 0.564. The van der Waals surface area contributed by atoms with Crippen LogP contribution in [-0.2, 0) is 0 Å². The zero-order chi connectivity index (χ0) is 9.72. The van der Waals surface area contributed by atoms with Gasteiger partial charge in [0.05, 0.1) is 0 Å². The van der Waals surface area contributed by atoms with Crippen LogP contribution in [0.2, 0.25) is 0 Å². The topological polar surface area (TPSA) is 0 Å². The van der Waals surface area contributed by atoms with Gasteiger partial charge in [0.1, 0.15) is 11.7 Å². The molecular weight excluding hydrogens is 158 g/mol. The minimum absolute atomic E-state index is 0.0903. The summed E-state index contributed by atoms with van der Waals surface area (Å²) in [5, 5.41) is 0. The van der Waals surface area contributed by atoms with Crippen molar-refractivity contribution in [3.63, 3.8) is 0 Å². The van der Waals surface area contributed by atoms with Crippen LogP contribution in [0.4, 0.5) is 8.78 Å². The van der Waals surface area contributed by atoms with Gasteiger partial charge in [-0.3, -0.25) is 0 Å². The summed E-state index contributed by atoms with van der Waals surface area (Å²) in [5.41, 5.74) is 0.0903. The Kier molecular flexibility index (Phi) is 4.49. The van der Waals surface area contributed by atoms with Gasteiger partial charge in [0.2, 0.25) is 0 Å². The van der Waals surface area contributed by atoms with Gasteiger partial charge in [-0.15, -0.1) is 0 Å². The molecule has 2 heteroatoms. The Morgan fingerprint density at radius 3 is 2.08 bits per heavy atom. The maximum absolute atomic E-state index is 13.0. The number of halogens is 2. The van der Waals surface area contributed by atoms with Crippen LogP contribution in [0, 0.1) is 5.92 Å². The number of hydrogen-bond donors (Lipinski definition) is 0. The fourth-order valence-electron chi connectivity index (χ4n) is 0.931. The molecule has 0 nitrogen and oxygen atoms in total. The molecule has 0 saturated carbocycles. The number of rotatable bonds is 3. The molecule has 0 bridgehead atoms. The van der Waals surface area contributed by atoms with Gasteiger partial charge in [-0.2, -0.15) is 0 Å². The van der Waals surface area contributed by atoms with Crippen LogP contribution < -0.4 is 0 Å². The van der Waals surface area contributed by atoms with Crippen molar-refractivity contribution in [2.75, 3.05) is 0 Å². The van der Waals surface area contributed by atoms with E-state index in [9.17, 15) is 8.78 Å². The fourth-order valence-corrected chi connectivity index (χ4v) is 0.931. The quantitative estimate of drug-likeness (QED) is 0.566. The van der Waals surface area contributed by atoms with E-state index in [0.717, 1.165) is 6.08 Å². The molecule has 0 aliphatic heterocycles. The lowest BCUT2D eigenvalue weighted by atomic mass is 10.0. The molecular formula is C10H14F2. The van der Waals surface area contributed by atoms with Crippen molar-refractivity contribution in [1.29, 1.82) is 0 Å². The molecule has 0 spiro atoms. The Morgan fingerprint density at radius 2 is 1.83 bits per heavy atom. The van der Waals surface area contributed by atoms with E-state index in [2.05, 4.69) is 6.58 Å². The van der Waals surface area contributed by atoms with Crippen LogP contribution in [0.1, 0.15) is 20.8 Å². The Morgan fingerprint density at radius 1 is 1.33 bits per heavy atom. The van der Waals surface area contributed by atoms with Gasteiger partial charge in [0.25, 0.3) is 0 Å². The molecule has 12 heavy (non-hydrogen) atoms. The molecule has 0 fully saturated rings. The van der Waals surface area contributed by atoms with E-state index in [4.69, 9.17) is 0 Å². The standard InChI is InChI=1S/C10H14F2/c1-5-8(11)10(7(3)4)9(12)6-2/h5-7H,1H2,2-4H3/b9-6+,10-8+. The molecule has 0 unspecified atom stereocenters. The molecule has 0 heterocycles. The van der Waals surface area contributed by atoms with E-state index in [0.29, 0.717) is 0 Å². The summed E-state index contributed by atoms with van der Waals surface area (Å²) >= 11 is 0. The normalized spacial score (nSPS) is 14.7. The summed E-state index contributed by atoms with van der Waals surface area (Å²) < 4.78 is 26.0. The Bertz CT molecular complexity index is 222. The van der Waals surface area contributed by atoms with Crippen molar-refractivity contribution in [2.24, 2.45) is 5.92 Å². The molecule has 0 N–H and O–H groups in total. The minimum atomic E-state index is -0.583. The first-order chi connectivity index (χ1) is 5.54. The van der Waals surface area contributed by atoms with E-state index >= 15 is 0 Å². The Labute approximate surface area is 72.3 Å². The van der Waals surface area contributed by atoms with Crippen molar-refractivity contribution < 1.29 is 8.78 Å². The van der Waals surface area contributed by atoms with Gasteiger partial charge >= 0.3 is 0 Å². The van der Waals surface area contributed by atoms with Gasteiger partial charge in [0, 0.05) is 5.57 Å². The summed E-state index contributed by atoms with van der Waals surface area (Å²) in [6, 6.07) is 0. The maximum Gasteiger partial charge on any atom is 0.128 e. The molecule has 0 amide bonds. The van der Waals surface area contributed by atoms with Crippen LogP contribution in [0.5, 0.6) is 0 Å². The SMILES string of the molecule is C=C/C(F)=C(\C(F)=C/C)C(C)C. The third kappa shape index (κ3) is 2.61. The number of hydrogen-bond acceptors (Lipinski definition) is 0. The summed E-state index contributed by atoms with van der Waals surface area (Å²) in [6.07, 6.45) is 2.27. The van der Waals surface area contributed by atoms with Gasteiger partial charge in [0.15, 0.2) is 0 Å². The van der Waals surface area contributed by atoms with Crippen molar-refractivity contribution in [3.05, 3.63) is 36.0 Å². The highest BCUT2D eigenvalue weighted by molar-refractivity contribution is 5.33. The molecule has 0 rings (SSSR count). The summed E-state index contributed by atoms with van der Waals surface area (Å²) in [7, 11) is 0. The van der Waals surface area contributed by atoms with E-state index in [-0.39, 0.29) is 11.5 Å². The smallest absolute Gasteiger partial charge is 0.128 e. The van der Waals surface area contributed by atoms with Crippen LogP contribution in [0.25, 0.3) is 0 Å². The molecule has 0 aromatic carbocycles. The summed E-state index contributed by atoms with van der Waals surface area (Å²) in [4.78, 5) is 0. The van der Waals surface area contributed by atoms with Gasteiger partial charge in [-0.25, -0.2) is 8.78 Å². The molecule has 0 aliphatic carbocycles. The molecule has 0 saturated heterocycles. The molecule has 0 aromatic heterocycles. The molecule has 0 aliphatic rings. The predicted molar refractivity (Wildman–Crippen MR) is 48.0 cm³/mol. The average Bonchev–Trinajstić information content (AvgIpc) is 2.03. The number of allylic oxidation sites excluding steroid dienone is 5. The lowest BCUT2D eigenvalue weighted by Gasteiger charge is -2.08. The van der Waals surface area contributed by atoms with Crippen LogP contribution in [0.3, 0.4) is 0 Å². The second kappa shape index (κ2) is 4.86. The van der Waals surface area contributed by atoms with Gasteiger partial charge in [-0.05, 0) is 18.9 Å². The molecule has 0 radical (unpaired) electrons. The van der Waals surface area contributed by atoms with Crippen LogP contribution in [-0.4, -0.2) is 0 Å². The minimum Gasteiger partial charge on any atom is -0.207 e. The zero-order valence-corrected chi connectivity index (χ0v) is 7.70. The van der Waals surface area contributed by atoms with Crippen molar-refractivity contribution in [3.8, 4) is 0 Å². The largest absolute Gasteiger partial charge is 0.207 e. The third-order valence-corrected chi connectivity index (χ3v) is 1.52. The van der Waals surface area contributed by atoms with Crippen molar-refractivity contribution in [2.45, 2.75) is 20.8 Å². The van der Waals surface area contributed by atoms with Crippen LogP contribution >= 0.6 is 0 Å². The molecule has 0 atom stereocenters. The second-order valence-electron chi connectivity index (χ2n) is 2.76. The van der Waals surface area contributed by atoms with Crippen LogP contribution in [0.15, 0.2) is 36.0 Å². The van der Waals surface area contributed by atoms with Crippen molar-refractivity contribution >= 4 is 0 Å². The summed E-state index contributed by atoms with van der Waals surface area (Å²) in [6.45, 7) is 8.26. The molecule has 0 aromatic rings. The molecule has 68 valence electrons. The highest BCUT2D eigenvalue weighted by atomic mass is 19.1. The lowest BCUT2D eigenvalue weighted by Crippen LogP contribution is -1.97.